The minimum absolute atomic E-state index is 0.814. The molecule has 0 aliphatic carbocycles. The monoisotopic (exact) mass is 202 g/mol. The smallest absolute Gasteiger partial charge is 0.240 e. The lowest BCUT2D eigenvalue weighted by Gasteiger charge is -1.95. The topological polar surface area (TPSA) is 76.5 Å². The van der Waals surface area contributed by atoms with Crippen molar-refractivity contribution in [3.63, 3.8) is 0 Å². The number of halogens is 1. The van der Waals surface area contributed by atoms with E-state index in [9.17, 15) is 17.6 Å². The molecular weight excluding hydrogens is 199 g/mol. The zero-order chi connectivity index (χ0) is 9.90. The molecule has 1 aromatic rings. The summed E-state index contributed by atoms with van der Waals surface area (Å²) in [4.78, 5) is 12.9. The van der Waals surface area contributed by atoms with Gasteiger partial charge in [0.2, 0.25) is 5.03 Å². The summed E-state index contributed by atoms with van der Waals surface area (Å²) in [5, 5.41) is -0.877. The Morgan fingerprint density at radius 2 is 2.23 bits per heavy atom. The van der Waals surface area contributed by atoms with Crippen molar-refractivity contribution in [2.45, 2.75) is 5.03 Å². The molecule has 0 saturated carbocycles. The van der Waals surface area contributed by atoms with Crippen LogP contribution < -0.4 is 0 Å². The van der Waals surface area contributed by atoms with Crippen molar-refractivity contribution < 1.29 is 17.6 Å². The van der Waals surface area contributed by atoms with E-state index in [1.54, 1.807) is 0 Å². The third-order valence-corrected chi connectivity index (χ3v) is 2.23. The van der Waals surface area contributed by atoms with Crippen molar-refractivity contribution in [2.24, 2.45) is 4.40 Å². The van der Waals surface area contributed by atoms with Gasteiger partial charge in [0.1, 0.15) is 0 Å². The van der Waals surface area contributed by atoms with Gasteiger partial charge in [0.15, 0.2) is 5.82 Å². The molecule has 0 radical (unpaired) electrons. The molecule has 13 heavy (non-hydrogen) atoms. The van der Waals surface area contributed by atoms with E-state index in [2.05, 4.69) is 9.38 Å². The fraction of sp³-hybridized carbons (Fsp3) is 0. The Hall–Kier alpha value is -1.59. The molecule has 7 heteroatoms. The quantitative estimate of drug-likeness (QED) is 0.508. The molecule has 0 unspecified atom stereocenters. The predicted octanol–water partition coefficient (Wildman–Crippen LogP) is 0.245. The summed E-state index contributed by atoms with van der Waals surface area (Å²) in [6, 6.07) is 2.12. The minimum Gasteiger partial charge on any atom is -0.240 e. The van der Waals surface area contributed by atoms with Crippen molar-refractivity contribution in [2.75, 3.05) is 0 Å². The van der Waals surface area contributed by atoms with Crippen LogP contribution in [-0.2, 0) is 14.8 Å². The Kier molecular flexibility index (Phi) is 2.50. The zero-order valence-corrected chi connectivity index (χ0v) is 6.95. The molecule has 1 heterocycles. The summed E-state index contributed by atoms with van der Waals surface area (Å²) in [5.74, 6) is -1.05. The maximum atomic E-state index is 12.8. The first-order chi connectivity index (χ1) is 6.08. The van der Waals surface area contributed by atoms with E-state index < -0.39 is 20.9 Å². The van der Waals surface area contributed by atoms with E-state index >= 15 is 0 Å². The predicted molar refractivity (Wildman–Crippen MR) is 39.5 cm³/mol. The maximum Gasteiger partial charge on any atom is 0.313 e. The molecule has 1 rings (SSSR count). The first kappa shape index (κ1) is 9.50. The van der Waals surface area contributed by atoms with Gasteiger partial charge in [-0.25, -0.2) is 14.2 Å². The lowest BCUT2D eigenvalue weighted by Crippen LogP contribution is -2.02. The molecule has 0 N–H and O–H groups in total. The molecule has 5 nitrogen and oxygen atoms in total. The van der Waals surface area contributed by atoms with Crippen LogP contribution in [0, 0.1) is 5.82 Å². The Bertz CT molecular complexity index is 465. The number of carbonyl (C=O) groups excluding carboxylic acids is 1. The second-order valence-corrected chi connectivity index (χ2v) is 3.47. The third-order valence-electron chi connectivity index (χ3n) is 1.13. The van der Waals surface area contributed by atoms with Crippen LogP contribution >= 0.6 is 0 Å². The van der Waals surface area contributed by atoms with E-state index in [4.69, 9.17) is 0 Å². The van der Waals surface area contributed by atoms with E-state index in [1.807, 2.05) is 0 Å². The molecule has 0 aliphatic rings. The van der Waals surface area contributed by atoms with Crippen molar-refractivity contribution in [1.29, 1.82) is 0 Å². The SMILES string of the molecule is O=C=NS(=O)(=O)c1ncccc1F. The summed E-state index contributed by atoms with van der Waals surface area (Å²) >= 11 is 0. The summed E-state index contributed by atoms with van der Waals surface area (Å²) in [7, 11) is -4.33. The van der Waals surface area contributed by atoms with Crippen LogP contribution in [0.2, 0.25) is 0 Å². The Morgan fingerprint density at radius 1 is 1.54 bits per heavy atom. The van der Waals surface area contributed by atoms with Gasteiger partial charge in [-0.05, 0) is 12.1 Å². The summed E-state index contributed by atoms with van der Waals surface area (Å²) < 4.78 is 37.1. The average molecular weight is 202 g/mol. The van der Waals surface area contributed by atoms with Crippen LogP contribution in [0.3, 0.4) is 0 Å². The summed E-state index contributed by atoms with van der Waals surface area (Å²) in [6.45, 7) is 0. The molecule has 0 aliphatic heterocycles. The molecule has 0 atom stereocenters. The molecule has 68 valence electrons. The highest BCUT2D eigenvalue weighted by Gasteiger charge is 2.18. The number of hydrogen-bond donors (Lipinski definition) is 0. The van der Waals surface area contributed by atoms with Gasteiger partial charge in [0.05, 0.1) is 0 Å². The van der Waals surface area contributed by atoms with Gasteiger partial charge in [-0.15, -0.1) is 0 Å². The molecule has 0 amide bonds. The highest BCUT2D eigenvalue weighted by Crippen LogP contribution is 2.11. The standard InChI is InChI=1S/C6H3FN2O3S/c7-5-2-1-3-8-6(5)13(11,12)9-4-10/h1-3H. The van der Waals surface area contributed by atoms with Crippen molar-refractivity contribution >= 4 is 16.1 Å². The largest absolute Gasteiger partial charge is 0.313 e. The van der Waals surface area contributed by atoms with E-state index in [1.165, 1.54) is 6.07 Å². The van der Waals surface area contributed by atoms with Gasteiger partial charge >= 0.3 is 10.0 Å². The Balaban J connectivity index is 3.39. The first-order valence-electron chi connectivity index (χ1n) is 3.02. The number of rotatable bonds is 2. The Labute approximate surface area is 73.0 Å². The highest BCUT2D eigenvalue weighted by molar-refractivity contribution is 7.90. The second-order valence-electron chi connectivity index (χ2n) is 1.95. The van der Waals surface area contributed by atoms with Crippen LogP contribution in [0.5, 0.6) is 0 Å². The molecular formula is C6H3FN2O3S. The molecule has 0 aromatic carbocycles. The molecule has 1 aromatic heterocycles. The lowest BCUT2D eigenvalue weighted by molar-refractivity contribution is 0.551. The van der Waals surface area contributed by atoms with Crippen molar-refractivity contribution in [3.8, 4) is 0 Å². The van der Waals surface area contributed by atoms with Gasteiger partial charge in [-0.2, -0.15) is 8.42 Å². The minimum atomic E-state index is -4.33. The van der Waals surface area contributed by atoms with Crippen LogP contribution in [0.25, 0.3) is 0 Å². The van der Waals surface area contributed by atoms with Crippen LogP contribution in [0.15, 0.2) is 27.8 Å². The fourth-order valence-corrected chi connectivity index (χ4v) is 1.35. The van der Waals surface area contributed by atoms with Crippen molar-refractivity contribution in [3.05, 3.63) is 24.1 Å². The van der Waals surface area contributed by atoms with Crippen molar-refractivity contribution in [1.82, 2.24) is 4.98 Å². The van der Waals surface area contributed by atoms with Crippen LogP contribution in [0.1, 0.15) is 0 Å². The van der Waals surface area contributed by atoms with Gasteiger partial charge < -0.3 is 0 Å². The number of hydrogen-bond acceptors (Lipinski definition) is 4. The lowest BCUT2D eigenvalue weighted by atomic mass is 10.5. The van der Waals surface area contributed by atoms with E-state index in [-0.39, 0.29) is 0 Å². The number of sulfonamides is 1. The molecule has 0 fully saturated rings. The number of pyridine rings is 1. The number of nitrogens with zero attached hydrogens (tertiary/aromatic N) is 2. The van der Waals surface area contributed by atoms with Gasteiger partial charge in [-0.1, -0.05) is 4.40 Å². The van der Waals surface area contributed by atoms with Crippen LogP contribution in [-0.4, -0.2) is 19.5 Å². The summed E-state index contributed by atoms with van der Waals surface area (Å²) in [6.07, 6.45) is 1.89. The summed E-state index contributed by atoms with van der Waals surface area (Å²) in [5.41, 5.74) is 0. The molecule has 0 bridgehead atoms. The zero-order valence-electron chi connectivity index (χ0n) is 6.14. The third kappa shape index (κ3) is 1.95. The van der Waals surface area contributed by atoms with Gasteiger partial charge in [0, 0.05) is 6.20 Å². The fourth-order valence-electron chi connectivity index (χ4n) is 0.653. The maximum absolute atomic E-state index is 12.8. The first-order valence-corrected chi connectivity index (χ1v) is 4.46. The molecule has 0 saturated heterocycles. The van der Waals surface area contributed by atoms with Gasteiger partial charge in [-0.3, -0.25) is 0 Å². The highest BCUT2D eigenvalue weighted by atomic mass is 32.2. The van der Waals surface area contributed by atoms with E-state index in [0.29, 0.717) is 0 Å². The number of isocyanates is 1. The van der Waals surface area contributed by atoms with Crippen LogP contribution in [0.4, 0.5) is 4.39 Å². The normalized spacial score (nSPS) is 10.5. The number of aromatic nitrogens is 1. The van der Waals surface area contributed by atoms with E-state index in [0.717, 1.165) is 18.3 Å². The Morgan fingerprint density at radius 3 is 2.77 bits per heavy atom. The average Bonchev–Trinajstić information content (AvgIpc) is 2.04. The molecule has 0 spiro atoms. The van der Waals surface area contributed by atoms with Gasteiger partial charge in [0.25, 0.3) is 6.08 Å². The second kappa shape index (κ2) is 3.42.